The molecule has 1 aromatic carbocycles. The fourth-order valence-corrected chi connectivity index (χ4v) is 2.32. The third kappa shape index (κ3) is 3.73. The van der Waals surface area contributed by atoms with Gasteiger partial charge in [-0.25, -0.2) is 0 Å². The Morgan fingerprint density at radius 3 is 2.65 bits per heavy atom. The maximum atomic E-state index is 11.8. The highest BCUT2D eigenvalue weighted by Gasteiger charge is 2.20. The summed E-state index contributed by atoms with van der Waals surface area (Å²) in [7, 11) is 1.59. The van der Waals surface area contributed by atoms with Gasteiger partial charge >= 0.3 is 0 Å². The smallest absolute Gasteiger partial charge is 0.232 e. The molecule has 0 spiro atoms. The molecule has 0 unspecified atom stereocenters. The lowest BCUT2D eigenvalue weighted by molar-refractivity contribution is -0.135. The largest absolute Gasteiger partial charge is 0.496 e. The van der Waals surface area contributed by atoms with Gasteiger partial charge in [0.05, 0.1) is 7.11 Å². The molecule has 0 aliphatic carbocycles. The van der Waals surface area contributed by atoms with Crippen LogP contribution < -0.4 is 10.1 Å². The Kier molecular flexibility index (Phi) is 4.98. The Hall–Kier alpha value is -2.04. The molecule has 5 nitrogen and oxygen atoms in total. The van der Waals surface area contributed by atoms with Crippen LogP contribution >= 0.6 is 0 Å². The maximum Gasteiger partial charge on any atom is 0.232 e. The summed E-state index contributed by atoms with van der Waals surface area (Å²) >= 11 is 0. The normalized spacial score (nSPS) is 14.2. The summed E-state index contributed by atoms with van der Waals surface area (Å²) in [6.45, 7) is 1.92. The summed E-state index contributed by atoms with van der Waals surface area (Å²) < 4.78 is 5.21. The van der Waals surface area contributed by atoms with Crippen molar-refractivity contribution in [1.29, 1.82) is 0 Å². The van der Waals surface area contributed by atoms with E-state index in [1.54, 1.807) is 12.0 Å². The van der Waals surface area contributed by atoms with Crippen molar-refractivity contribution in [2.75, 3.05) is 20.2 Å². The van der Waals surface area contributed by atoms with Crippen molar-refractivity contribution in [2.24, 2.45) is 0 Å². The first-order valence-electron chi connectivity index (χ1n) is 6.87. The van der Waals surface area contributed by atoms with Gasteiger partial charge in [-0.2, -0.15) is 0 Å². The van der Waals surface area contributed by atoms with Gasteiger partial charge in [0.1, 0.15) is 12.2 Å². The molecule has 1 aliphatic rings. The molecule has 0 radical (unpaired) electrons. The number of likely N-dealkylation sites (tertiary alicyclic amines) is 1. The molecule has 1 fully saturated rings. The van der Waals surface area contributed by atoms with E-state index in [4.69, 9.17) is 4.74 Å². The summed E-state index contributed by atoms with van der Waals surface area (Å²) in [6.07, 6.45) is 2.00. The molecule has 108 valence electrons. The number of para-hydroxylation sites is 1. The summed E-state index contributed by atoms with van der Waals surface area (Å²) in [6, 6.07) is 7.50. The molecule has 1 saturated heterocycles. The first-order valence-corrected chi connectivity index (χ1v) is 6.87. The van der Waals surface area contributed by atoms with Crippen LogP contribution in [0.5, 0.6) is 5.75 Å². The quantitative estimate of drug-likeness (QED) is 0.825. The third-order valence-electron chi connectivity index (χ3n) is 3.44. The lowest BCUT2D eigenvalue weighted by Gasteiger charge is -2.15. The van der Waals surface area contributed by atoms with E-state index in [0.717, 1.165) is 37.2 Å². The van der Waals surface area contributed by atoms with E-state index in [9.17, 15) is 9.59 Å². The van der Waals surface area contributed by atoms with Crippen molar-refractivity contribution < 1.29 is 14.3 Å². The second-order valence-corrected chi connectivity index (χ2v) is 4.85. The molecule has 1 aromatic rings. The van der Waals surface area contributed by atoms with Gasteiger partial charge in [0, 0.05) is 25.2 Å². The van der Waals surface area contributed by atoms with Crippen molar-refractivity contribution in [3.63, 3.8) is 0 Å². The zero-order valence-electron chi connectivity index (χ0n) is 11.7. The number of benzene rings is 1. The highest BCUT2D eigenvalue weighted by atomic mass is 16.5. The summed E-state index contributed by atoms with van der Waals surface area (Å²) in [4.78, 5) is 25.4. The van der Waals surface area contributed by atoms with E-state index in [1.165, 1.54) is 0 Å². The van der Waals surface area contributed by atoms with Crippen LogP contribution in [0.3, 0.4) is 0 Å². The average Bonchev–Trinajstić information content (AvgIpc) is 2.99. The Bertz CT molecular complexity index is 482. The van der Waals surface area contributed by atoms with Gasteiger partial charge in [0.2, 0.25) is 11.8 Å². The lowest BCUT2D eigenvalue weighted by Crippen LogP contribution is -2.33. The molecular formula is C15H20N2O3. The molecule has 1 heterocycles. The number of nitrogens with one attached hydrogen (secondary N) is 1. The van der Waals surface area contributed by atoms with Crippen molar-refractivity contribution >= 4 is 11.8 Å². The number of hydrogen-bond acceptors (Lipinski definition) is 3. The van der Waals surface area contributed by atoms with Gasteiger partial charge in [-0.15, -0.1) is 0 Å². The number of hydrogen-bond donors (Lipinski definition) is 1. The van der Waals surface area contributed by atoms with Gasteiger partial charge < -0.3 is 15.0 Å². The minimum Gasteiger partial charge on any atom is -0.496 e. The van der Waals surface area contributed by atoms with E-state index < -0.39 is 0 Å². The van der Waals surface area contributed by atoms with Crippen molar-refractivity contribution in [2.45, 2.75) is 25.8 Å². The summed E-state index contributed by atoms with van der Waals surface area (Å²) in [5, 5.41) is 2.76. The Labute approximate surface area is 118 Å². The standard InChI is InChI=1S/C15H20N2O3/c1-20-13-7-3-2-6-12(13)11-16-14(18)10-15(19)17-8-4-5-9-17/h2-3,6-7H,4-5,8-11H2,1H3,(H,16,18). The zero-order valence-corrected chi connectivity index (χ0v) is 11.7. The van der Waals surface area contributed by atoms with Gasteiger partial charge in [-0.1, -0.05) is 18.2 Å². The van der Waals surface area contributed by atoms with E-state index in [0.29, 0.717) is 6.54 Å². The van der Waals surface area contributed by atoms with Crippen LogP contribution in [0.25, 0.3) is 0 Å². The Morgan fingerprint density at radius 1 is 1.25 bits per heavy atom. The number of amides is 2. The fourth-order valence-electron chi connectivity index (χ4n) is 2.32. The van der Waals surface area contributed by atoms with Gasteiger partial charge in [-0.3, -0.25) is 9.59 Å². The van der Waals surface area contributed by atoms with E-state index in [-0.39, 0.29) is 18.2 Å². The van der Waals surface area contributed by atoms with Crippen molar-refractivity contribution in [1.82, 2.24) is 10.2 Å². The summed E-state index contributed by atoms with van der Waals surface area (Å²) in [5.41, 5.74) is 0.900. The third-order valence-corrected chi connectivity index (χ3v) is 3.44. The monoisotopic (exact) mass is 276 g/mol. The molecule has 0 atom stereocenters. The molecule has 0 saturated carbocycles. The van der Waals surface area contributed by atoms with Crippen LogP contribution in [-0.4, -0.2) is 36.9 Å². The SMILES string of the molecule is COc1ccccc1CNC(=O)CC(=O)N1CCCC1. The highest BCUT2D eigenvalue weighted by molar-refractivity contribution is 5.96. The molecule has 2 amide bonds. The van der Waals surface area contributed by atoms with Crippen LogP contribution in [0.4, 0.5) is 0 Å². The predicted octanol–water partition coefficient (Wildman–Crippen LogP) is 1.32. The number of nitrogens with zero attached hydrogens (tertiary/aromatic N) is 1. The van der Waals surface area contributed by atoms with E-state index in [1.807, 2.05) is 24.3 Å². The lowest BCUT2D eigenvalue weighted by atomic mass is 10.2. The van der Waals surface area contributed by atoms with Gasteiger partial charge in [0.15, 0.2) is 0 Å². The number of methoxy groups -OCH3 is 1. The van der Waals surface area contributed by atoms with Crippen molar-refractivity contribution in [3.05, 3.63) is 29.8 Å². The molecule has 1 N–H and O–H groups in total. The van der Waals surface area contributed by atoms with Gasteiger partial charge in [0.25, 0.3) is 0 Å². The second kappa shape index (κ2) is 6.93. The number of rotatable bonds is 5. The molecule has 0 aromatic heterocycles. The fraction of sp³-hybridized carbons (Fsp3) is 0.467. The number of carbonyl (C=O) groups excluding carboxylic acids is 2. The maximum absolute atomic E-state index is 11.8. The topological polar surface area (TPSA) is 58.6 Å². The van der Waals surface area contributed by atoms with E-state index in [2.05, 4.69) is 5.32 Å². The average molecular weight is 276 g/mol. The molecular weight excluding hydrogens is 256 g/mol. The van der Waals surface area contributed by atoms with E-state index >= 15 is 0 Å². The molecule has 5 heteroatoms. The predicted molar refractivity (Wildman–Crippen MR) is 75.3 cm³/mol. The molecule has 2 rings (SSSR count). The second-order valence-electron chi connectivity index (χ2n) is 4.85. The highest BCUT2D eigenvalue weighted by Crippen LogP contribution is 2.16. The summed E-state index contributed by atoms with van der Waals surface area (Å²) in [5.74, 6) is 0.409. The first kappa shape index (κ1) is 14.4. The minimum atomic E-state index is -0.243. The first-order chi connectivity index (χ1) is 9.70. The van der Waals surface area contributed by atoms with Crippen LogP contribution in [0.2, 0.25) is 0 Å². The number of carbonyl (C=O) groups is 2. The van der Waals surface area contributed by atoms with Crippen LogP contribution in [-0.2, 0) is 16.1 Å². The Balaban J connectivity index is 1.81. The molecule has 1 aliphatic heterocycles. The molecule has 20 heavy (non-hydrogen) atoms. The zero-order chi connectivity index (χ0) is 14.4. The Morgan fingerprint density at radius 2 is 1.95 bits per heavy atom. The minimum absolute atomic E-state index is 0.0743. The van der Waals surface area contributed by atoms with Gasteiger partial charge in [-0.05, 0) is 18.9 Å². The van der Waals surface area contributed by atoms with Crippen molar-refractivity contribution in [3.8, 4) is 5.75 Å². The number of ether oxygens (including phenoxy) is 1. The van der Waals surface area contributed by atoms with Crippen LogP contribution in [0.15, 0.2) is 24.3 Å². The van der Waals surface area contributed by atoms with Crippen LogP contribution in [0.1, 0.15) is 24.8 Å². The van der Waals surface area contributed by atoms with Crippen LogP contribution in [0, 0.1) is 0 Å². The molecule has 0 bridgehead atoms.